The largest absolute Gasteiger partial charge is 0.355 e. The van der Waals surface area contributed by atoms with E-state index in [1.165, 1.54) is 12.8 Å². The minimum Gasteiger partial charge on any atom is -0.355 e. The maximum atomic E-state index is 6.09. The Morgan fingerprint density at radius 1 is 1.21 bits per heavy atom. The first-order valence-electron chi connectivity index (χ1n) is 8.24. The van der Waals surface area contributed by atoms with Gasteiger partial charge >= 0.3 is 0 Å². The fourth-order valence-electron chi connectivity index (χ4n) is 3.13. The summed E-state index contributed by atoms with van der Waals surface area (Å²) in [5.41, 5.74) is 3.66. The van der Waals surface area contributed by atoms with E-state index in [-0.39, 0.29) is 0 Å². The minimum absolute atomic E-state index is 0.417. The molecule has 1 aromatic carbocycles. The lowest BCUT2D eigenvalue weighted by molar-refractivity contribution is 0.279. The van der Waals surface area contributed by atoms with Crippen molar-refractivity contribution in [1.29, 1.82) is 0 Å². The molecule has 0 spiro atoms. The van der Waals surface area contributed by atoms with Crippen LogP contribution in [-0.2, 0) is 0 Å². The maximum absolute atomic E-state index is 6.09. The molecule has 5 nitrogen and oxygen atoms in total. The van der Waals surface area contributed by atoms with Crippen LogP contribution in [0.4, 0.5) is 5.82 Å². The molecular weight excluding hydrogens is 322 g/mol. The molecule has 124 valence electrons. The predicted octanol–water partition coefficient (Wildman–Crippen LogP) is 4.30. The highest BCUT2D eigenvalue weighted by Crippen LogP contribution is 2.32. The Balaban J connectivity index is 1.66. The zero-order chi connectivity index (χ0) is 16.7. The summed E-state index contributed by atoms with van der Waals surface area (Å²) in [5, 5.41) is 8.08. The first-order valence-corrected chi connectivity index (χ1v) is 8.62. The third kappa shape index (κ3) is 2.84. The van der Waals surface area contributed by atoms with Gasteiger partial charge in [-0.3, -0.25) is 5.10 Å². The van der Waals surface area contributed by atoms with Crippen LogP contribution in [0, 0.1) is 5.41 Å². The van der Waals surface area contributed by atoms with Crippen LogP contribution >= 0.6 is 11.6 Å². The lowest BCUT2D eigenvalue weighted by Crippen LogP contribution is -2.37. The number of hydrogen-bond donors (Lipinski definition) is 1. The van der Waals surface area contributed by atoms with Crippen molar-refractivity contribution < 1.29 is 0 Å². The van der Waals surface area contributed by atoms with Gasteiger partial charge in [0.25, 0.3) is 0 Å². The Morgan fingerprint density at radius 3 is 2.75 bits per heavy atom. The number of aromatic nitrogens is 4. The van der Waals surface area contributed by atoms with E-state index in [4.69, 9.17) is 16.6 Å². The molecule has 1 fully saturated rings. The molecule has 6 heteroatoms. The quantitative estimate of drug-likeness (QED) is 0.755. The number of hydrogen-bond acceptors (Lipinski definition) is 4. The number of anilines is 1. The van der Waals surface area contributed by atoms with Crippen LogP contribution in [0.25, 0.3) is 22.4 Å². The Morgan fingerprint density at radius 2 is 2.00 bits per heavy atom. The van der Waals surface area contributed by atoms with E-state index in [0.717, 1.165) is 35.7 Å². The number of aromatic amines is 1. The van der Waals surface area contributed by atoms with Crippen molar-refractivity contribution in [2.75, 3.05) is 18.0 Å². The number of piperidine rings is 1. The molecule has 0 bridgehead atoms. The molecule has 1 aliphatic rings. The number of halogens is 1. The van der Waals surface area contributed by atoms with Crippen LogP contribution in [0.1, 0.15) is 26.7 Å². The van der Waals surface area contributed by atoms with Crippen molar-refractivity contribution in [3.8, 4) is 11.3 Å². The second-order valence-corrected chi connectivity index (χ2v) is 7.60. The summed E-state index contributed by atoms with van der Waals surface area (Å²) < 4.78 is 0. The summed E-state index contributed by atoms with van der Waals surface area (Å²) in [5.74, 6) is 0.905. The molecule has 0 aliphatic carbocycles. The standard InChI is InChI=1S/C18H20ClN5/c1-18(2)6-8-24(9-7-18)14-11-20-16-15(22-23-17(16)21-14)12-4-3-5-13(19)10-12/h3-5,10-11H,6-9H2,1-2H3,(H,21,22,23). The number of H-pyrrole nitrogens is 1. The third-order valence-corrected chi connectivity index (χ3v) is 5.04. The second-order valence-electron chi connectivity index (χ2n) is 7.16. The number of fused-ring (bicyclic) bond motifs is 1. The summed E-state index contributed by atoms with van der Waals surface area (Å²) in [6.07, 6.45) is 4.19. The van der Waals surface area contributed by atoms with Crippen LogP contribution < -0.4 is 4.90 Å². The van der Waals surface area contributed by atoms with Gasteiger partial charge in [0.15, 0.2) is 0 Å². The number of rotatable bonds is 2. The van der Waals surface area contributed by atoms with Crippen LogP contribution in [-0.4, -0.2) is 33.3 Å². The normalized spacial score (nSPS) is 17.4. The van der Waals surface area contributed by atoms with E-state index in [2.05, 4.69) is 33.9 Å². The SMILES string of the molecule is CC1(C)CCN(c2cnc3c(-c4cccc(Cl)c4)[nH]nc3n2)CC1. The van der Waals surface area contributed by atoms with Gasteiger partial charge in [-0.25, -0.2) is 9.97 Å². The highest BCUT2D eigenvalue weighted by Gasteiger charge is 2.26. The summed E-state index contributed by atoms with van der Waals surface area (Å²) in [7, 11) is 0. The van der Waals surface area contributed by atoms with Gasteiger partial charge in [-0.15, -0.1) is 0 Å². The fourth-order valence-corrected chi connectivity index (χ4v) is 3.32. The lowest BCUT2D eigenvalue weighted by atomic mass is 9.83. The van der Waals surface area contributed by atoms with E-state index >= 15 is 0 Å². The van der Waals surface area contributed by atoms with E-state index < -0.39 is 0 Å². The zero-order valence-electron chi connectivity index (χ0n) is 13.9. The Labute approximate surface area is 146 Å². The van der Waals surface area contributed by atoms with Gasteiger partial charge < -0.3 is 4.90 Å². The molecule has 3 aromatic rings. The first-order chi connectivity index (χ1) is 11.5. The van der Waals surface area contributed by atoms with Crippen LogP contribution in [0.2, 0.25) is 5.02 Å². The molecule has 0 saturated carbocycles. The van der Waals surface area contributed by atoms with Gasteiger partial charge in [-0.1, -0.05) is 37.6 Å². The van der Waals surface area contributed by atoms with Gasteiger partial charge in [0.2, 0.25) is 5.65 Å². The minimum atomic E-state index is 0.417. The molecule has 0 radical (unpaired) electrons. The van der Waals surface area contributed by atoms with Crippen molar-refractivity contribution in [3.63, 3.8) is 0 Å². The molecular formula is C18H20ClN5. The average molecular weight is 342 g/mol. The summed E-state index contributed by atoms with van der Waals surface area (Å²) in [4.78, 5) is 11.6. The monoisotopic (exact) mass is 341 g/mol. The zero-order valence-corrected chi connectivity index (χ0v) is 14.6. The number of nitrogens with one attached hydrogen (secondary N) is 1. The average Bonchev–Trinajstić information content (AvgIpc) is 2.98. The Hall–Kier alpha value is -2.14. The topological polar surface area (TPSA) is 57.7 Å². The van der Waals surface area contributed by atoms with Gasteiger partial charge in [-0.05, 0) is 30.4 Å². The van der Waals surface area contributed by atoms with E-state index in [1.807, 2.05) is 30.5 Å². The molecule has 1 N–H and O–H groups in total. The second kappa shape index (κ2) is 5.74. The Kier molecular flexibility index (Phi) is 3.68. The highest BCUT2D eigenvalue weighted by atomic mass is 35.5. The molecule has 3 heterocycles. The smallest absolute Gasteiger partial charge is 0.202 e. The van der Waals surface area contributed by atoms with Gasteiger partial charge in [-0.2, -0.15) is 5.10 Å². The number of benzene rings is 1. The molecule has 1 saturated heterocycles. The molecule has 4 rings (SSSR count). The van der Waals surface area contributed by atoms with E-state index in [0.29, 0.717) is 16.1 Å². The van der Waals surface area contributed by atoms with Gasteiger partial charge in [0, 0.05) is 23.7 Å². The highest BCUT2D eigenvalue weighted by molar-refractivity contribution is 6.30. The van der Waals surface area contributed by atoms with Crippen LogP contribution in [0.15, 0.2) is 30.5 Å². The van der Waals surface area contributed by atoms with Gasteiger partial charge in [0.1, 0.15) is 11.3 Å². The summed E-state index contributed by atoms with van der Waals surface area (Å²) in [6, 6.07) is 7.66. The van der Waals surface area contributed by atoms with Crippen molar-refractivity contribution >= 4 is 28.6 Å². The fraction of sp³-hybridized carbons (Fsp3) is 0.389. The molecule has 0 amide bonds. The van der Waals surface area contributed by atoms with Crippen molar-refractivity contribution in [2.24, 2.45) is 5.41 Å². The van der Waals surface area contributed by atoms with Crippen LogP contribution in [0.3, 0.4) is 0 Å². The first kappa shape index (κ1) is 15.4. The summed E-state index contributed by atoms with van der Waals surface area (Å²) in [6.45, 7) is 6.67. The molecule has 1 aliphatic heterocycles. The molecule has 0 unspecified atom stereocenters. The predicted molar refractivity (Wildman–Crippen MR) is 97.4 cm³/mol. The van der Waals surface area contributed by atoms with Gasteiger partial charge in [0.05, 0.1) is 11.9 Å². The lowest BCUT2D eigenvalue weighted by Gasteiger charge is -2.37. The van der Waals surface area contributed by atoms with Crippen molar-refractivity contribution in [2.45, 2.75) is 26.7 Å². The van der Waals surface area contributed by atoms with E-state index in [1.54, 1.807) is 0 Å². The Bertz CT molecular complexity index is 876. The molecule has 24 heavy (non-hydrogen) atoms. The van der Waals surface area contributed by atoms with E-state index in [9.17, 15) is 0 Å². The van der Waals surface area contributed by atoms with Crippen molar-refractivity contribution in [3.05, 3.63) is 35.5 Å². The van der Waals surface area contributed by atoms with Crippen molar-refractivity contribution in [1.82, 2.24) is 20.2 Å². The number of nitrogens with zero attached hydrogens (tertiary/aromatic N) is 4. The maximum Gasteiger partial charge on any atom is 0.202 e. The molecule has 0 atom stereocenters. The van der Waals surface area contributed by atoms with Crippen LogP contribution in [0.5, 0.6) is 0 Å². The summed E-state index contributed by atoms with van der Waals surface area (Å²) >= 11 is 6.09. The molecule has 2 aromatic heterocycles. The third-order valence-electron chi connectivity index (χ3n) is 4.81.